The van der Waals surface area contributed by atoms with Crippen LogP contribution < -0.4 is 5.32 Å². The van der Waals surface area contributed by atoms with Gasteiger partial charge in [-0.3, -0.25) is 9.59 Å². The van der Waals surface area contributed by atoms with Gasteiger partial charge in [-0.05, 0) is 24.5 Å². The summed E-state index contributed by atoms with van der Waals surface area (Å²) in [5.74, 6) is 0.551. The van der Waals surface area contributed by atoms with E-state index in [1.807, 2.05) is 0 Å². The number of carbonyl (C=O) groups excluding carboxylic acids is 2. The van der Waals surface area contributed by atoms with Gasteiger partial charge in [-0.25, -0.2) is 8.42 Å². The van der Waals surface area contributed by atoms with Crippen molar-refractivity contribution in [2.24, 2.45) is 5.92 Å². The van der Waals surface area contributed by atoms with E-state index in [4.69, 9.17) is 0 Å². The van der Waals surface area contributed by atoms with Gasteiger partial charge in [0.15, 0.2) is 0 Å². The van der Waals surface area contributed by atoms with Crippen LogP contribution in [0.1, 0.15) is 58.8 Å². The monoisotopic (exact) mass is 451 g/mol. The van der Waals surface area contributed by atoms with Crippen LogP contribution in [-0.4, -0.2) is 62.2 Å². The van der Waals surface area contributed by atoms with E-state index in [-0.39, 0.29) is 42.6 Å². The van der Waals surface area contributed by atoms with Crippen LogP contribution in [0.25, 0.3) is 0 Å². The lowest BCUT2D eigenvalue weighted by Gasteiger charge is -2.34. The van der Waals surface area contributed by atoms with Crippen LogP contribution in [0.5, 0.6) is 0 Å². The van der Waals surface area contributed by atoms with Crippen molar-refractivity contribution in [2.75, 3.05) is 32.7 Å². The second-order valence-electron chi connectivity index (χ2n) is 8.54. The highest BCUT2D eigenvalue weighted by atomic mass is 32.2. The lowest BCUT2D eigenvalue weighted by molar-refractivity contribution is -0.134. The molecular weight excluding hydrogens is 414 g/mol. The van der Waals surface area contributed by atoms with Crippen LogP contribution in [0, 0.1) is 5.92 Å². The van der Waals surface area contributed by atoms with Crippen molar-refractivity contribution < 1.29 is 18.0 Å². The molecule has 1 aromatic carbocycles. The Bertz CT molecular complexity index is 788. The fourth-order valence-corrected chi connectivity index (χ4v) is 5.09. The predicted octanol–water partition coefficient (Wildman–Crippen LogP) is 3.02. The van der Waals surface area contributed by atoms with Crippen molar-refractivity contribution in [3.63, 3.8) is 0 Å². The molecule has 0 aromatic heterocycles. The Hall–Kier alpha value is -1.93. The van der Waals surface area contributed by atoms with Crippen LogP contribution in [0.2, 0.25) is 0 Å². The van der Waals surface area contributed by atoms with Gasteiger partial charge in [0.2, 0.25) is 21.8 Å². The average Bonchev–Trinajstić information content (AvgIpc) is 2.77. The van der Waals surface area contributed by atoms with Gasteiger partial charge < -0.3 is 10.2 Å². The molecule has 0 radical (unpaired) electrons. The Kier molecular flexibility index (Phi) is 10.5. The molecule has 0 unspecified atom stereocenters. The molecule has 1 heterocycles. The van der Waals surface area contributed by atoms with Gasteiger partial charge in [-0.1, -0.05) is 57.7 Å². The number of amides is 2. The maximum Gasteiger partial charge on any atom is 0.243 e. The molecule has 0 saturated carbocycles. The molecule has 1 fully saturated rings. The molecule has 0 bridgehead atoms. The first-order valence-electron chi connectivity index (χ1n) is 11.4. The highest BCUT2D eigenvalue weighted by Crippen LogP contribution is 2.17. The standard InChI is InChI=1S/C23H37N3O4S/c1-20(2)10-6-3-4-9-15-24-22(27)13-14-23(28)25-16-18-26(19-17-25)31(29,30)21-11-7-5-8-12-21/h5,7-8,11-12,20H,3-4,6,9-10,13-19H2,1-2H3,(H,24,27). The molecular formula is C23H37N3O4S. The van der Waals surface area contributed by atoms with Gasteiger partial charge in [0.1, 0.15) is 0 Å². The smallest absolute Gasteiger partial charge is 0.243 e. The summed E-state index contributed by atoms with van der Waals surface area (Å²) in [6.45, 7) is 6.36. The fraction of sp³-hybridized carbons (Fsp3) is 0.652. The zero-order valence-electron chi connectivity index (χ0n) is 18.9. The first-order valence-corrected chi connectivity index (χ1v) is 12.8. The van der Waals surface area contributed by atoms with E-state index in [2.05, 4.69) is 19.2 Å². The predicted molar refractivity (Wildman–Crippen MR) is 122 cm³/mol. The lowest BCUT2D eigenvalue weighted by atomic mass is 10.0. The van der Waals surface area contributed by atoms with E-state index in [1.54, 1.807) is 35.2 Å². The second-order valence-corrected chi connectivity index (χ2v) is 10.5. The van der Waals surface area contributed by atoms with Crippen LogP contribution in [-0.2, 0) is 19.6 Å². The maximum absolute atomic E-state index is 12.7. The summed E-state index contributed by atoms with van der Waals surface area (Å²) >= 11 is 0. The van der Waals surface area contributed by atoms with E-state index in [0.29, 0.717) is 19.6 Å². The molecule has 0 spiro atoms. The Morgan fingerprint density at radius 2 is 1.58 bits per heavy atom. The van der Waals surface area contributed by atoms with Gasteiger partial charge in [0.05, 0.1) is 4.90 Å². The number of benzene rings is 1. The van der Waals surface area contributed by atoms with Crippen molar-refractivity contribution >= 4 is 21.8 Å². The number of sulfonamides is 1. The van der Waals surface area contributed by atoms with Crippen LogP contribution in [0.3, 0.4) is 0 Å². The Morgan fingerprint density at radius 1 is 0.935 bits per heavy atom. The van der Waals surface area contributed by atoms with Gasteiger partial charge >= 0.3 is 0 Å². The molecule has 1 aromatic rings. The average molecular weight is 452 g/mol. The van der Waals surface area contributed by atoms with Crippen molar-refractivity contribution in [1.82, 2.24) is 14.5 Å². The summed E-state index contributed by atoms with van der Waals surface area (Å²) in [4.78, 5) is 26.3. The quantitative estimate of drug-likeness (QED) is 0.495. The van der Waals surface area contributed by atoms with Crippen LogP contribution in [0.15, 0.2) is 35.2 Å². The molecule has 2 amide bonds. The summed E-state index contributed by atoms with van der Waals surface area (Å²) in [7, 11) is -3.53. The molecule has 0 aliphatic carbocycles. The molecule has 8 heteroatoms. The third-order valence-electron chi connectivity index (χ3n) is 5.57. The first kappa shape index (κ1) is 25.3. The van der Waals surface area contributed by atoms with Crippen molar-refractivity contribution in [2.45, 2.75) is 63.7 Å². The maximum atomic E-state index is 12.7. The van der Waals surface area contributed by atoms with E-state index in [9.17, 15) is 18.0 Å². The molecule has 1 saturated heterocycles. The van der Waals surface area contributed by atoms with Crippen molar-refractivity contribution in [3.8, 4) is 0 Å². The fourth-order valence-electron chi connectivity index (χ4n) is 3.65. The third-order valence-corrected chi connectivity index (χ3v) is 7.48. The summed E-state index contributed by atoms with van der Waals surface area (Å²) in [6, 6.07) is 8.34. The minimum absolute atomic E-state index is 0.0965. The normalized spacial score (nSPS) is 15.3. The summed E-state index contributed by atoms with van der Waals surface area (Å²) < 4.78 is 26.7. The van der Waals surface area contributed by atoms with E-state index < -0.39 is 10.0 Å². The number of hydrogen-bond donors (Lipinski definition) is 1. The molecule has 174 valence electrons. The number of carbonyl (C=O) groups is 2. The molecule has 31 heavy (non-hydrogen) atoms. The third kappa shape index (κ3) is 8.61. The summed E-state index contributed by atoms with van der Waals surface area (Å²) in [5.41, 5.74) is 0. The number of unbranched alkanes of at least 4 members (excludes halogenated alkanes) is 3. The van der Waals surface area contributed by atoms with Gasteiger partial charge in [0, 0.05) is 45.6 Å². The number of nitrogens with zero attached hydrogens (tertiary/aromatic N) is 2. The Balaban J connectivity index is 1.62. The SMILES string of the molecule is CC(C)CCCCCCNC(=O)CCC(=O)N1CCN(S(=O)(=O)c2ccccc2)CC1. The number of rotatable bonds is 12. The highest BCUT2D eigenvalue weighted by molar-refractivity contribution is 7.89. The first-order chi connectivity index (χ1) is 14.8. The van der Waals surface area contributed by atoms with E-state index >= 15 is 0 Å². The molecule has 1 N–H and O–H groups in total. The van der Waals surface area contributed by atoms with Gasteiger partial charge in [-0.15, -0.1) is 0 Å². The largest absolute Gasteiger partial charge is 0.356 e. The van der Waals surface area contributed by atoms with Crippen LogP contribution >= 0.6 is 0 Å². The second kappa shape index (κ2) is 12.8. The summed E-state index contributed by atoms with van der Waals surface area (Å²) in [6.07, 6.45) is 6.09. The van der Waals surface area contributed by atoms with Gasteiger partial charge in [-0.2, -0.15) is 4.31 Å². The molecule has 7 nitrogen and oxygen atoms in total. The zero-order chi connectivity index (χ0) is 22.7. The number of nitrogens with one attached hydrogen (secondary N) is 1. The van der Waals surface area contributed by atoms with Gasteiger partial charge in [0.25, 0.3) is 0 Å². The summed E-state index contributed by atoms with van der Waals surface area (Å²) in [5, 5.41) is 2.89. The Labute approximate surface area is 187 Å². The number of hydrogen-bond acceptors (Lipinski definition) is 4. The zero-order valence-corrected chi connectivity index (χ0v) is 19.7. The minimum atomic E-state index is -3.53. The topological polar surface area (TPSA) is 86.8 Å². The molecule has 0 atom stereocenters. The van der Waals surface area contributed by atoms with Crippen molar-refractivity contribution in [3.05, 3.63) is 30.3 Å². The molecule has 1 aliphatic heterocycles. The van der Waals surface area contributed by atoms with Crippen LogP contribution in [0.4, 0.5) is 0 Å². The van der Waals surface area contributed by atoms with E-state index in [1.165, 1.54) is 23.6 Å². The van der Waals surface area contributed by atoms with E-state index in [0.717, 1.165) is 18.8 Å². The minimum Gasteiger partial charge on any atom is -0.356 e. The highest BCUT2D eigenvalue weighted by Gasteiger charge is 2.29. The van der Waals surface area contributed by atoms with Crippen molar-refractivity contribution in [1.29, 1.82) is 0 Å². The molecule has 2 rings (SSSR count). The molecule has 1 aliphatic rings. The lowest BCUT2D eigenvalue weighted by Crippen LogP contribution is -2.50. The number of piperazine rings is 1. The Morgan fingerprint density at radius 3 is 2.23 bits per heavy atom.